The highest BCUT2D eigenvalue weighted by molar-refractivity contribution is 5.16. The summed E-state index contributed by atoms with van der Waals surface area (Å²) in [6.07, 6.45) is 102. The summed E-state index contributed by atoms with van der Waals surface area (Å²) in [5, 5.41) is 0. The fraction of sp³-hybridized carbons (Fsp3) is 0.816. The zero-order chi connectivity index (χ0) is 67.1. The van der Waals surface area contributed by atoms with E-state index in [9.17, 15) is 0 Å². The van der Waals surface area contributed by atoms with Gasteiger partial charge in [0, 0.05) is 44.4 Å². The Hall–Kier alpha value is -2.36. The molecule has 0 aromatic heterocycles. The van der Waals surface area contributed by atoms with Crippen LogP contribution in [0.2, 0.25) is 0 Å². The van der Waals surface area contributed by atoms with Crippen LogP contribution in [0.3, 0.4) is 0 Å². The highest BCUT2D eigenvalue weighted by Crippen LogP contribution is 2.55. The molecule has 542 valence electrons. The van der Waals surface area contributed by atoms with Gasteiger partial charge in [-0.2, -0.15) is 0 Å². The molecule has 7 unspecified atom stereocenters. The van der Waals surface area contributed by atoms with Gasteiger partial charge in [-0.3, -0.25) is 4.90 Å². The van der Waals surface area contributed by atoms with Gasteiger partial charge in [0.1, 0.15) is 0 Å². The summed E-state index contributed by atoms with van der Waals surface area (Å²) in [5.41, 5.74) is 0. The lowest BCUT2D eigenvalue weighted by Crippen LogP contribution is -2.54. The SMILES string of the molecule is CCCCC/C=C\C/C=C\CCCCCCCC1OC(CCN(C)C)(CCN(C)C2CC3CN(C)C2C32OC(CCCCCCC/C=C\C/C=C\CCCCC)C(CCCCCCC/C=C\C/C=C\CCCCC)O2)OC1CCCCCCC/C=C\C/C=C\CCCCC. The van der Waals surface area contributed by atoms with Crippen molar-refractivity contribution in [2.45, 2.75) is 403 Å². The minimum atomic E-state index is -0.567. The van der Waals surface area contributed by atoms with Crippen LogP contribution in [0.15, 0.2) is 97.2 Å². The van der Waals surface area contributed by atoms with E-state index in [0.717, 1.165) is 90.3 Å². The Balaban J connectivity index is 1.35. The van der Waals surface area contributed by atoms with E-state index >= 15 is 0 Å². The number of nitrogens with zero attached hydrogens (tertiary/aromatic N) is 3. The van der Waals surface area contributed by atoms with Gasteiger partial charge in [-0.05, 0) is 189 Å². The second-order valence-corrected chi connectivity index (χ2v) is 30.0. The standard InChI is InChI=1S/C87H155N3O4/c1-9-13-17-21-25-29-33-37-41-45-49-53-57-61-65-69-81-82(70-66-62-58-54-50-46-42-38-34-30-26-22-18-14-10-2)92-86(91-81,73-75-88(5)6)74-76-89(7)80-77-79-78-90(8)85(80)87(79)93-83(71-67-63-59-55-51-47-43-39-35-31-27-23-19-15-11-3)84(94-87)72-68-64-60-56-52-48-44-40-36-32-28-24-20-16-12-4/h25-32,37-44,79-85H,9-24,33-36,45-78H2,1-8H3/b29-25-,30-26-,31-27-,32-28-,41-37-,42-38-,43-39-,44-40-. The van der Waals surface area contributed by atoms with E-state index in [-0.39, 0.29) is 30.5 Å². The lowest BCUT2D eigenvalue weighted by Gasteiger charge is -2.39. The topological polar surface area (TPSA) is 46.6 Å². The molecule has 3 saturated heterocycles. The van der Waals surface area contributed by atoms with Gasteiger partial charge in [0.15, 0.2) is 11.6 Å². The van der Waals surface area contributed by atoms with Crippen molar-refractivity contribution in [2.24, 2.45) is 5.92 Å². The molecule has 1 saturated carbocycles. The summed E-state index contributed by atoms with van der Waals surface area (Å²) in [4.78, 5) is 7.65. The predicted molar refractivity (Wildman–Crippen MR) is 411 cm³/mol. The molecule has 2 bridgehead atoms. The second kappa shape index (κ2) is 56.4. The van der Waals surface area contributed by atoms with Gasteiger partial charge >= 0.3 is 0 Å². The highest BCUT2D eigenvalue weighted by Gasteiger charge is 2.69. The van der Waals surface area contributed by atoms with E-state index in [2.05, 4.69) is 168 Å². The first kappa shape index (κ1) is 84.1. The van der Waals surface area contributed by atoms with Crippen LogP contribution >= 0.6 is 0 Å². The Labute approximate surface area is 584 Å². The summed E-state index contributed by atoms with van der Waals surface area (Å²) < 4.78 is 30.1. The fourth-order valence-electron chi connectivity index (χ4n) is 15.4. The first-order valence-corrected chi connectivity index (χ1v) is 41.2. The number of allylic oxidation sites excluding steroid dienone is 16. The van der Waals surface area contributed by atoms with Crippen LogP contribution in [0, 0.1) is 5.92 Å². The minimum Gasteiger partial charge on any atom is -0.344 e. The van der Waals surface area contributed by atoms with Crippen molar-refractivity contribution in [3.8, 4) is 0 Å². The minimum absolute atomic E-state index is 0.168. The highest BCUT2D eigenvalue weighted by atomic mass is 16.8. The van der Waals surface area contributed by atoms with E-state index in [0.29, 0.717) is 12.0 Å². The zero-order valence-corrected chi connectivity index (χ0v) is 63.4. The molecule has 0 amide bonds. The largest absolute Gasteiger partial charge is 0.344 e. The molecular weight excluding hydrogens is 1150 g/mol. The molecule has 7 atom stereocenters. The van der Waals surface area contributed by atoms with Crippen LogP contribution in [0.25, 0.3) is 0 Å². The van der Waals surface area contributed by atoms with Crippen molar-refractivity contribution >= 4 is 0 Å². The molecule has 7 heteroatoms. The van der Waals surface area contributed by atoms with Gasteiger partial charge in [-0.1, -0.05) is 279 Å². The normalized spacial score (nSPS) is 24.4. The maximum atomic E-state index is 7.57. The third-order valence-electron chi connectivity index (χ3n) is 21.2. The molecule has 4 aliphatic rings. The third-order valence-corrected chi connectivity index (χ3v) is 21.2. The second-order valence-electron chi connectivity index (χ2n) is 30.0. The van der Waals surface area contributed by atoms with Gasteiger partial charge in [-0.15, -0.1) is 0 Å². The molecule has 7 nitrogen and oxygen atoms in total. The van der Waals surface area contributed by atoms with Crippen molar-refractivity contribution in [3.63, 3.8) is 0 Å². The van der Waals surface area contributed by atoms with Gasteiger partial charge < -0.3 is 28.7 Å². The van der Waals surface area contributed by atoms with Crippen molar-refractivity contribution < 1.29 is 18.9 Å². The first-order valence-electron chi connectivity index (χ1n) is 41.2. The van der Waals surface area contributed by atoms with Gasteiger partial charge in [0.05, 0.1) is 30.5 Å². The van der Waals surface area contributed by atoms with Gasteiger partial charge in [-0.25, -0.2) is 0 Å². The Kier molecular flexibility index (Phi) is 50.4. The van der Waals surface area contributed by atoms with Gasteiger partial charge in [0.2, 0.25) is 0 Å². The summed E-state index contributed by atoms with van der Waals surface area (Å²) in [6, 6.07) is 0.596. The van der Waals surface area contributed by atoms with Crippen LogP contribution in [0.1, 0.15) is 355 Å². The molecule has 3 aliphatic heterocycles. The number of likely N-dealkylation sites (tertiary alicyclic amines) is 1. The lowest BCUT2D eigenvalue weighted by molar-refractivity contribution is -0.201. The smallest absolute Gasteiger partial charge is 0.190 e. The van der Waals surface area contributed by atoms with Crippen LogP contribution in [-0.4, -0.2) is 111 Å². The molecule has 94 heavy (non-hydrogen) atoms. The van der Waals surface area contributed by atoms with Crippen LogP contribution < -0.4 is 0 Å². The molecule has 0 aromatic rings. The van der Waals surface area contributed by atoms with Gasteiger partial charge in [0.25, 0.3) is 0 Å². The first-order chi connectivity index (χ1) is 46.2. The summed E-state index contributed by atoms with van der Waals surface area (Å²) in [5.74, 6) is -0.693. The van der Waals surface area contributed by atoms with Crippen molar-refractivity contribution in [1.82, 2.24) is 14.7 Å². The fourth-order valence-corrected chi connectivity index (χ4v) is 15.4. The van der Waals surface area contributed by atoms with E-state index in [1.165, 1.54) is 257 Å². The molecule has 0 aromatic carbocycles. The van der Waals surface area contributed by atoms with Crippen molar-refractivity contribution in [2.75, 3.05) is 47.8 Å². The molecular formula is C87H155N3O4. The molecule has 0 N–H and O–H groups in total. The zero-order valence-electron chi connectivity index (χ0n) is 63.4. The maximum Gasteiger partial charge on any atom is 0.190 e. The molecule has 3 heterocycles. The molecule has 1 aliphatic carbocycles. The monoisotopic (exact) mass is 1310 g/mol. The Bertz CT molecular complexity index is 1890. The summed E-state index contributed by atoms with van der Waals surface area (Å²) in [6.45, 7) is 12.1. The van der Waals surface area contributed by atoms with E-state index < -0.39 is 11.6 Å². The average Bonchev–Trinajstić information content (AvgIpc) is 1.54. The maximum absolute atomic E-state index is 7.57. The third kappa shape index (κ3) is 37.2. The molecule has 0 radical (unpaired) electrons. The Morgan fingerprint density at radius 1 is 0.340 bits per heavy atom. The number of piperidine rings is 1. The Morgan fingerprint density at radius 2 is 0.617 bits per heavy atom. The average molecular weight is 1310 g/mol. The molecule has 1 spiro atoms. The van der Waals surface area contributed by atoms with Crippen molar-refractivity contribution in [1.29, 1.82) is 0 Å². The number of rotatable bonds is 63. The lowest BCUT2D eigenvalue weighted by atomic mass is 9.99. The van der Waals surface area contributed by atoms with E-state index in [1.807, 2.05) is 0 Å². The van der Waals surface area contributed by atoms with Crippen LogP contribution in [-0.2, 0) is 18.9 Å². The molecule has 4 fully saturated rings. The number of likely N-dealkylation sites (N-methyl/N-ethyl adjacent to an activating group) is 2. The number of hydrogen-bond donors (Lipinski definition) is 0. The van der Waals surface area contributed by atoms with E-state index in [1.54, 1.807) is 0 Å². The predicted octanol–water partition coefficient (Wildman–Crippen LogP) is 25.2. The Morgan fingerprint density at radius 3 is 0.926 bits per heavy atom. The quantitative estimate of drug-likeness (QED) is 0.0444. The van der Waals surface area contributed by atoms with E-state index in [4.69, 9.17) is 18.9 Å². The van der Waals surface area contributed by atoms with Crippen LogP contribution in [0.5, 0.6) is 0 Å². The number of unbranched alkanes of at least 4 members (excludes halogenated alkanes) is 32. The van der Waals surface area contributed by atoms with Crippen LogP contribution in [0.4, 0.5) is 0 Å². The number of hydrogen-bond acceptors (Lipinski definition) is 7. The summed E-state index contributed by atoms with van der Waals surface area (Å²) in [7, 11) is 9.19. The van der Waals surface area contributed by atoms with Crippen molar-refractivity contribution in [3.05, 3.63) is 97.2 Å². The molecule has 4 rings (SSSR count). The summed E-state index contributed by atoms with van der Waals surface area (Å²) >= 11 is 0. The number of ether oxygens (including phenoxy) is 4.